The van der Waals surface area contributed by atoms with Crippen molar-refractivity contribution in [2.75, 3.05) is 0 Å². The molecule has 2 heterocycles. The Bertz CT molecular complexity index is 909. The monoisotopic (exact) mass is 324 g/mol. The van der Waals surface area contributed by atoms with Gasteiger partial charge in [-0.1, -0.05) is 18.2 Å². The van der Waals surface area contributed by atoms with Crippen LogP contribution in [0.15, 0.2) is 46.8 Å². The molecule has 1 aromatic heterocycles. The lowest BCUT2D eigenvalue weighted by Crippen LogP contribution is -2.28. The van der Waals surface area contributed by atoms with E-state index in [1.165, 1.54) is 6.33 Å². The highest BCUT2D eigenvalue weighted by molar-refractivity contribution is 5.56. The maximum Gasteiger partial charge on any atom is 0.258 e. The lowest BCUT2D eigenvalue weighted by Gasteiger charge is -2.26. The highest BCUT2D eigenvalue weighted by Crippen LogP contribution is 2.42. The van der Waals surface area contributed by atoms with E-state index in [0.717, 1.165) is 0 Å². The molecule has 122 valence electrons. The molecular weight excluding hydrogens is 308 g/mol. The average molecular weight is 324 g/mol. The van der Waals surface area contributed by atoms with Crippen LogP contribution in [0.1, 0.15) is 30.9 Å². The van der Waals surface area contributed by atoms with Crippen molar-refractivity contribution in [2.45, 2.75) is 25.9 Å². The van der Waals surface area contributed by atoms with Crippen molar-refractivity contribution in [3.63, 3.8) is 0 Å². The van der Waals surface area contributed by atoms with E-state index in [1.807, 2.05) is 32.0 Å². The van der Waals surface area contributed by atoms with Gasteiger partial charge in [-0.3, -0.25) is 4.79 Å². The minimum atomic E-state index is -0.703. The first kappa shape index (κ1) is 15.6. The van der Waals surface area contributed by atoms with Gasteiger partial charge in [0.25, 0.3) is 5.56 Å². The summed E-state index contributed by atoms with van der Waals surface area (Å²) >= 11 is 0. The SMILES string of the molecule is CC(C)Oc1ccccc1[C@@H]1C(C#N)=C(N)Oc2nc[nH]c(=O)c21. The topological polar surface area (TPSA) is 114 Å². The zero-order chi connectivity index (χ0) is 17.3. The average Bonchev–Trinajstić information content (AvgIpc) is 2.54. The Hall–Kier alpha value is -3.27. The number of hydrogen-bond donors (Lipinski definition) is 2. The number of fused-ring (bicyclic) bond motifs is 1. The summed E-state index contributed by atoms with van der Waals surface area (Å²) in [7, 11) is 0. The predicted octanol–water partition coefficient (Wildman–Crippen LogP) is 1.78. The fourth-order valence-corrected chi connectivity index (χ4v) is 2.69. The summed E-state index contributed by atoms with van der Waals surface area (Å²) in [5, 5.41) is 9.54. The number of nitrogens with one attached hydrogen (secondary N) is 1. The maximum absolute atomic E-state index is 12.4. The van der Waals surface area contributed by atoms with Crippen LogP contribution in [0.2, 0.25) is 0 Å². The molecule has 1 atom stereocenters. The van der Waals surface area contributed by atoms with Gasteiger partial charge in [0.2, 0.25) is 11.8 Å². The molecule has 0 radical (unpaired) electrons. The van der Waals surface area contributed by atoms with Crippen LogP contribution in [0.5, 0.6) is 11.6 Å². The van der Waals surface area contributed by atoms with Crippen LogP contribution >= 0.6 is 0 Å². The fourth-order valence-electron chi connectivity index (χ4n) is 2.69. The van der Waals surface area contributed by atoms with Gasteiger partial charge in [-0.2, -0.15) is 5.26 Å². The van der Waals surface area contributed by atoms with Crippen molar-refractivity contribution in [1.82, 2.24) is 9.97 Å². The fraction of sp³-hybridized carbons (Fsp3) is 0.235. The largest absolute Gasteiger partial charge is 0.491 e. The molecule has 2 aromatic rings. The molecule has 7 heteroatoms. The standard InChI is InChI=1S/C17H16N4O3/c1-9(2)23-12-6-4-3-5-10(12)13-11(7-18)15(19)24-17-14(13)16(22)20-8-21-17/h3-6,8-9,13H,19H2,1-2H3,(H,20,21,22)/t13-/m1/s1. The van der Waals surface area contributed by atoms with Crippen molar-refractivity contribution in [2.24, 2.45) is 5.73 Å². The second-order valence-corrected chi connectivity index (χ2v) is 5.58. The van der Waals surface area contributed by atoms with Crippen LogP contribution in [0, 0.1) is 11.3 Å². The van der Waals surface area contributed by atoms with Crippen LogP contribution < -0.4 is 20.8 Å². The third-order valence-electron chi connectivity index (χ3n) is 3.62. The molecule has 0 amide bonds. The highest BCUT2D eigenvalue weighted by atomic mass is 16.5. The summed E-state index contributed by atoms with van der Waals surface area (Å²) in [6.45, 7) is 3.80. The van der Waals surface area contributed by atoms with Crippen molar-refractivity contribution in [3.8, 4) is 17.7 Å². The zero-order valence-electron chi connectivity index (χ0n) is 13.2. The van der Waals surface area contributed by atoms with Gasteiger partial charge in [-0.05, 0) is 19.9 Å². The molecular formula is C17H16N4O3. The number of ether oxygens (including phenoxy) is 2. The number of allylic oxidation sites excluding steroid dienone is 1. The van der Waals surface area contributed by atoms with E-state index in [1.54, 1.807) is 12.1 Å². The number of aromatic amines is 1. The third-order valence-corrected chi connectivity index (χ3v) is 3.62. The Kier molecular flexibility index (Phi) is 3.96. The van der Waals surface area contributed by atoms with Gasteiger partial charge in [0, 0.05) is 5.56 Å². The van der Waals surface area contributed by atoms with Crippen LogP contribution in [-0.2, 0) is 0 Å². The number of nitriles is 1. The molecule has 3 N–H and O–H groups in total. The number of hydrogen-bond acceptors (Lipinski definition) is 6. The Morgan fingerprint density at radius 3 is 2.88 bits per heavy atom. The number of nitrogens with zero attached hydrogens (tertiary/aromatic N) is 2. The zero-order valence-corrected chi connectivity index (χ0v) is 13.2. The Morgan fingerprint density at radius 1 is 1.42 bits per heavy atom. The molecule has 3 rings (SSSR count). The first-order valence-electron chi connectivity index (χ1n) is 7.43. The van der Waals surface area contributed by atoms with Crippen molar-refractivity contribution < 1.29 is 9.47 Å². The number of benzene rings is 1. The van der Waals surface area contributed by atoms with Crippen LogP contribution in [0.25, 0.3) is 0 Å². The molecule has 0 spiro atoms. The smallest absolute Gasteiger partial charge is 0.258 e. The normalized spacial score (nSPS) is 16.3. The van der Waals surface area contributed by atoms with Gasteiger partial charge in [0.05, 0.1) is 23.9 Å². The number of nitrogens with two attached hydrogens (primary N) is 1. The van der Waals surface area contributed by atoms with Gasteiger partial charge >= 0.3 is 0 Å². The maximum atomic E-state index is 12.4. The summed E-state index contributed by atoms with van der Waals surface area (Å²) in [6.07, 6.45) is 1.17. The van der Waals surface area contributed by atoms with Crippen LogP contribution in [-0.4, -0.2) is 16.1 Å². The summed E-state index contributed by atoms with van der Waals surface area (Å²) < 4.78 is 11.2. The van der Waals surface area contributed by atoms with Crippen molar-refractivity contribution in [1.29, 1.82) is 5.26 Å². The molecule has 0 saturated heterocycles. The molecule has 0 bridgehead atoms. The lowest BCUT2D eigenvalue weighted by molar-refractivity contribution is 0.239. The summed E-state index contributed by atoms with van der Waals surface area (Å²) in [4.78, 5) is 18.9. The summed E-state index contributed by atoms with van der Waals surface area (Å²) in [5.41, 5.74) is 6.54. The van der Waals surface area contributed by atoms with E-state index >= 15 is 0 Å². The van der Waals surface area contributed by atoms with Crippen molar-refractivity contribution >= 4 is 0 Å². The number of para-hydroxylation sites is 1. The minimum absolute atomic E-state index is 0.0625. The molecule has 1 aliphatic heterocycles. The van der Waals surface area contributed by atoms with E-state index in [0.29, 0.717) is 11.3 Å². The van der Waals surface area contributed by atoms with Crippen LogP contribution in [0.3, 0.4) is 0 Å². The Morgan fingerprint density at radius 2 is 2.17 bits per heavy atom. The van der Waals surface area contributed by atoms with Gasteiger partial charge in [-0.15, -0.1) is 0 Å². The predicted molar refractivity (Wildman–Crippen MR) is 86.4 cm³/mol. The number of H-pyrrole nitrogens is 1. The third kappa shape index (κ3) is 2.58. The van der Waals surface area contributed by atoms with Gasteiger partial charge < -0.3 is 20.2 Å². The second kappa shape index (κ2) is 6.08. The molecule has 1 aliphatic rings. The molecule has 0 unspecified atom stereocenters. The van der Waals surface area contributed by atoms with Gasteiger partial charge in [0.15, 0.2) is 0 Å². The molecule has 0 aliphatic carbocycles. The number of aromatic nitrogens is 2. The van der Waals surface area contributed by atoms with E-state index < -0.39 is 5.92 Å². The van der Waals surface area contributed by atoms with E-state index in [9.17, 15) is 10.1 Å². The van der Waals surface area contributed by atoms with Gasteiger partial charge in [0.1, 0.15) is 17.4 Å². The minimum Gasteiger partial charge on any atom is -0.491 e. The van der Waals surface area contributed by atoms with Crippen molar-refractivity contribution in [3.05, 3.63) is 63.5 Å². The van der Waals surface area contributed by atoms with E-state index in [-0.39, 0.29) is 34.6 Å². The quantitative estimate of drug-likeness (QED) is 0.889. The van der Waals surface area contributed by atoms with Crippen LogP contribution in [0.4, 0.5) is 0 Å². The summed E-state index contributed by atoms with van der Waals surface area (Å²) in [5.74, 6) is -0.0904. The highest BCUT2D eigenvalue weighted by Gasteiger charge is 2.35. The Balaban J connectivity index is 2.27. The lowest BCUT2D eigenvalue weighted by atomic mass is 9.84. The van der Waals surface area contributed by atoms with E-state index in [2.05, 4.69) is 9.97 Å². The van der Waals surface area contributed by atoms with Gasteiger partial charge in [-0.25, -0.2) is 4.98 Å². The second-order valence-electron chi connectivity index (χ2n) is 5.58. The summed E-state index contributed by atoms with van der Waals surface area (Å²) in [6, 6.07) is 9.28. The van der Waals surface area contributed by atoms with E-state index in [4.69, 9.17) is 15.2 Å². The molecule has 24 heavy (non-hydrogen) atoms. The molecule has 1 aromatic carbocycles. The number of rotatable bonds is 3. The Labute approximate surface area is 138 Å². The molecule has 0 saturated carbocycles. The first-order valence-corrected chi connectivity index (χ1v) is 7.43. The molecule has 7 nitrogen and oxygen atoms in total. The molecule has 0 fully saturated rings. The first-order chi connectivity index (χ1) is 11.5.